The third-order valence-electron chi connectivity index (χ3n) is 3.42. The summed E-state index contributed by atoms with van der Waals surface area (Å²) in [5, 5.41) is 8.77. The molecule has 1 saturated carbocycles. The summed E-state index contributed by atoms with van der Waals surface area (Å²) < 4.78 is 0. The first-order valence-electron chi connectivity index (χ1n) is 6.09. The minimum atomic E-state index is -0.930. The largest absolute Gasteiger partial charge is 0.478 e. The van der Waals surface area contributed by atoms with Gasteiger partial charge in [-0.25, -0.2) is 4.79 Å². The van der Waals surface area contributed by atoms with Crippen LogP contribution in [0.25, 0.3) is 6.08 Å². The van der Waals surface area contributed by atoms with Crippen molar-refractivity contribution in [3.63, 3.8) is 0 Å². The number of carboxylic acids is 1. The van der Waals surface area contributed by atoms with E-state index in [1.165, 1.54) is 17.6 Å². The molecule has 0 radical (unpaired) electrons. The van der Waals surface area contributed by atoms with Crippen LogP contribution in [0.3, 0.4) is 0 Å². The van der Waals surface area contributed by atoms with Gasteiger partial charge in [0.05, 0.1) is 0 Å². The SMILES string of the molecule is C=C(Cc1ccc(C=C2CC2(C)C)cc1)C(=O)O. The molecule has 2 rings (SSSR count). The third-order valence-corrected chi connectivity index (χ3v) is 3.42. The summed E-state index contributed by atoms with van der Waals surface area (Å²) in [5.74, 6) is -0.930. The molecule has 0 unspecified atom stereocenters. The lowest BCUT2D eigenvalue weighted by molar-refractivity contribution is -0.132. The predicted molar refractivity (Wildman–Crippen MR) is 73.3 cm³/mol. The van der Waals surface area contributed by atoms with Crippen molar-refractivity contribution in [2.24, 2.45) is 5.41 Å². The van der Waals surface area contributed by atoms with Crippen molar-refractivity contribution in [3.05, 3.63) is 53.1 Å². The van der Waals surface area contributed by atoms with Gasteiger partial charge in [-0.2, -0.15) is 0 Å². The van der Waals surface area contributed by atoms with Gasteiger partial charge in [0, 0.05) is 12.0 Å². The number of rotatable bonds is 4. The van der Waals surface area contributed by atoms with E-state index in [0.29, 0.717) is 11.8 Å². The number of hydrogen-bond donors (Lipinski definition) is 1. The smallest absolute Gasteiger partial charge is 0.331 e. The van der Waals surface area contributed by atoms with Crippen LogP contribution in [0.1, 0.15) is 31.4 Å². The maximum atomic E-state index is 10.7. The molecule has 0 aromatic heterocycles. The number of hydrogen-bond acceptors (Lipinski definition) is 1. The molecule has 2 heteroatoms. The topological polar surface area (TPSA) is 37.3 Å². The van der Waals surface area contributed by atoms with Crippen LogP contribution in [0.4, 0.5) is 0 Å². The maximum Gasteiger partial charge on any atom is 0.331 e. The summed E-state index contributed by atoms with van der Waals surface area (Å²) in [6.45, 7) is 8.02. The van der Waals surface area contributed by atoms with Crippen LogP contribution in [0, 0.1) is 5.41 Å². The highest BCUT2D eigenvalue weighted by molar-refractivity contribution is 5.86. The van der Waals surface area contributed by atoms with Crippen molar-refractivity contribution < 1.29 is 9.90 Å². The van der Waals surface area contributed by atoms with Gasteiger partial charge < -0.3 is 5.11 Å². The maximum absolute atomic E-state index is 10.7. The Bertz CT molecular complexity index is 519. The summed E-state index contributed by atoms with van der Waals surface area (Å²) in [7, 11) is 0. The zero-order valence-corrected chi connectivity index (χ0v) is 10.9. The molecule has 0 amide bonds. The zero-order valence-electron chi connectivity index (χ0n) is 10.9. The van der Waals surface area contributed by atoms with E-state index in [-0.39, 0.29) is 5.57 Å². The average Bonchev–Trinajstić information content (AvgIpc) is 2.88. The van der Waals surface area contributed by atoms with Crippen molar-refractivity contribution in [1.29, 1.82) is 0 Å². The van der Waals surface area contributed by atoms with E-state index >= 15 is 0 Å². The molecule has 0 spiro atoms. The van der Waals surface area contributed by atoms with Crippen LogP contribution in [-0.4, -0.2) is 11.1 Å². The minimum Gasteiger partial charge on any atom is -0.478 e. The molecule has 0 heterocycles. The minimum absolute atomic E-state index is 0.226. The van der Waals surface area contributed by atoms with E-state index in [9.17, 15) is 4.79 Å². The number of carbonyl (C=O) groups is 1. The van der Waals surface area contributed by atoms with Gasteiger partial charge in [-0.1, -0.05) is 56.3 Å². The van der Waals surface area contributed by atoms with Crippen LogP contribution in [0.15, 0.2) is 42.0 Å². The molecule has 2 nitrogen and oxygen atoms in total. The normalized spacial score (nSPS) is 18.7. The van der Waals surface area contributed by atoms with Crippen LogP contribution in [-0.2, 0) is 11.2 Å². The summed E-state index contributed by atoms with van der Waals surface area (Å²) >= 11 is 0. The Kier molecular flexibility index (Phi) is 3.12. The second kappa shape index (κ2) is 4.45. The fourth-order valence-corrected chi connectivity index (χ4v) is 1.93. The zero-order chi connectivity index (χ0) is 13.3. The molecule has 1 aliphatic rings. The molecule has 1 aromatic carbocycles. The molecule has 0 aliphatic heterocycles. The molecule has 1 N–H and O–H groups in total. The summed E-state index contributed by atoms with van der Waals surface area (Å²) in [6, 6.07) is 8.00. The lowest BCUT2D eigenvalue weighted by atomic mass is 10.0. The van der Waals surface area contributed by atoms with Crippen LogP contribution in [0.2, 0.25) is 0 Å². The van der Waals surface area contributed by atoms with Crippen molar-refractivity contribution in [3.8, 4) is 0 Å². The van der Waals surface area contributed by atoms with Crippen molar-refractivity contribution in [2.45, 2.75) is 26.7 Å². The van der Waals surface area contributed by atoms with E-state index in [0.717, 1.165) is 5.56 Å². The van der Waals surface area contributed by atoms with Gasteiger partial charge >= 0.3 is 5.97 Å². The number of carboxylic acid groups (broad SMARTS) is 1. The highest BCUT2D eigenvalue weighted by atomic mass is 16.4. The van der Waals surface area contributed by atoms with Crippen LogP contribution >= 0.6 is 0 Å². The fourth-order valence-electron chi connectivity index (χ4n) is 1.93. The Hall–Kier alpha value is -1.83. The molecule has 0 saturated heterocycles. The summed E-state index contributed by atoms with van der Waals surface area (Å²) in [5.41, 5.74) is 4.24. The Morgan fingerprint density at radius 1 is 1.39 bits per heavy atom. The molecular weight excluding hydrogens is 224 g/mol. The molecule has 1 aromatic rings. The van der Waals surface area contributed by atoms with E-state index < -0.39 is 5.97 Å². The highest BCUT2D eigenvalue weighted by Crippen LogP contribution is 2.51. The number of benzene rings is 1. The van der Waals surface area contributed by atoms with Crippen molar-refractivity contribution in [1.82, 2.24) is 0 Å². The molecule has 94 valence electrons. The van der Waals surface area contributed by atoms with E-state index in [1.54, 1.807) is 0 Å². The second-order valence-electron chi connectivity index (χ2n) is 5.56. The first kappa shape index (κ1) is 12.6. The standard InChI is InChI=1S/C16H18O2/c1-11(15(17)18)8-12-4-6-13(7-5-12)9-14-10-16(14,2)3/h4-7,9H,1,8,10H2,2-3H3,(H,17,18). The van der Waals surface area contributed by atoms with E-state index in [1.807, 2.05) is 24.3 Å². The molecule has 1 fully saturated rings. The highest BCUT2D eigenvalue weighted by Gasteiger charge is 2.38. The fraction of sp³-hybridized carbons (Fsp3) is 0.312. The Morgan fingerprint density at radius 3 is 2.39 bits per heavy atom. The van der Waals surface area contributed by atoms with Gasteiger partial charge in [-0.3, -0.25) is 0 Å². The molecule has 18 heavy (non-hydrogen) atoms. The van der Waals surface area contributed by atoms with Gasteiger partial charge in [0.25, 0.3) is 0 Å². The second-order valence-corrected chi connectivity index (χ2v) is 5.56. The number of allylic oxidation sites excluding steroid dienone is 1. The first-order valence-corrected chi connectivity index (χ1v) is 6.09. The summed E-state index contributed by atoms with van der Waals surface area (Å²) in [6.07, 6.45) is 3.79. The molecule has 0 atom stereocenters. The van der Waals surface area contributed by atoms with Gasteiger partial charge in [-0.15, -0.1) is 0 Å². The van der Waals surface area contributed by atoms with Gasteiger partial charge in [0.1, 0.15) is 0 Å². The van der Waals surface area contributed by atoms with E-state index in [2.05, 4.69) is 26.5 Å². The van der Waals surface area contributed by atoms with Gasteiger partial charge in [0.15, 0.2) is 0 Å². The van der Waals surface area contributed by atoms with Crippen molar-refractivity contribution in [2.75, 3.05) is 0 Å². The van der Waals surface area contributed by atoms with Crippen molar-refractivity contribution >= 4 is 12.0 Å². The van der Waals surface area contributed by atoms with Gasteiger partial charge in [0.2, 0.25) is 0 Å². The van der Waals surface area contributed by atoms with Crippen LogP contribution in [0.5, 0.6) is 0 Å². The lowest BCUT2D eigenvalue weighted by Gasteiger charge is -2.02. The quantitative estimate of drug-likeness (QED) is 0.818. The lowest BCUT2D eigenvalue weighted by Crippen LogP contribution is -2.01. The Labute approximate surface area is 108 Å². The Morgan fingerprint density at radius 2 is 1.94 bits per heavy atom. The molecule has 1 aliphatic carbocycles. The molecular formula is C16H18O2. The first-order chi connectivity index (χ1) is 8.38. The number of aliphatic carboxylic acids is 1. The van der Waals surface area contributed by atoms with Gasteiger partial charge in [-0.05, 0) is 23.0 Å². The summed E-state index contributed by atoms with van der Waals surface area (Å²) in [4.78, 5) is 10.7. The predicted octanol–water partition coefficient (Wildman–Crippen LogP) is 3.68. The Balaban J connectivity index is 2.05. The van der Waals surface area contributed by atoms with E-state index in [4.69, 9.17) is 5.11 Å². The monoisotopic (exact) mass is 242 g/mol. The third kappa shape index (κ3) is 2.89. The molecule has 0 bridgehead atoms. The average molecular weight is 242 g/mol. The van der Waals surface area contributed by atoms with Crippen LogP contribution < -0.4 is 0 Å².